The van der Waals surface area contributed by atoms with E-state index < -0.39 is 0 Å². The van der Waals surface area contributed by atoms with Crippen LogP contribution in [0.1, 0.15) is 55.0 Å². The maximum atomic E-state index is 13.0. The van der Waals surface area contributed by atoms with Gasteiger partial charge in [0, 0.05) is 37.1 Å². The molecule has 28 heavy (non-hydrogen) atoms. The van der Waals surface area contributed by atoms with Crippen LogP contribution < -0.4 is 0 Å². The first-order valence-electron chi connectivity index (χ1n) is 9.80. The Bertz CT molecular complexity index is 859. The number of amides is 1. The van der Waals surface area contributed by atoms with Crippen molar-refractivity contribution in [3.05, 3.63) is 53.9 Å². The minimum atomic E-state index is -0.140. The minimum Gasteiger partial charge on any atom is -0.272 e. The van der Waals surface area contributed by atoms with E-state index in [2.05, 4.69) is 21.0 Å². The smallest absolute Gasteiger partial charge is 0.249 e. The number of carbonyl (C=O) groups excluding carboxylic acids is 1. The van der Waals surface area contributed by atoms with Crippen molar-refractivity contribution in [2.45, 2.75) is 44.6 Å². The number of hydrogen-bond donors (Lipinski definition) is 0. The van der Waals surface area contributed by atoms with Gasteiger partial charge in [0.05, 0.1) is 24.1 Å². The second-order valence-corrected chi connectivity index (χ2v) is 7.55. The van der Waals surface area contributed by atoms with Crippen LogP contribution in [0.25, 0.3) is 0 Å². The minimum absolute atomic E-state index is 0.00270. The standard InChI is InChI=1S/C21H23N5O2/c22-11-17-10-16(12-24-13-17)9-15-1-3-18(4-2-15)21(27)26-20(5-8-28-26)19-14-23-6-7-25-19/h6-7,10,12-15,18,20H,1-5,8-9H2/t15-,18-,20-/m0/s1. The molecule has 0 N–H and O–H groups in total. The van der Waals surface area contributed by atoms with Crippen molar-refractivity contribution in [3.63, 3.8) is 0 Å². The maximum Gasteiger partial charge on any atom is 0.249 e. The van der Waals surface area contributed by atoms with Gasteiger partial charge < -0.3 is 0 Å². The van der Waals surface area contributed by atoms with Crippen LogP contribution in [-0.4, -0.2) is 32.5 Å². The van der Waals surface area contributed by atoms with Gasteiger partial charge in [-0.1, -0.05) is 0 Å². The summed E-state index contributed by atoms with van der Waals surface area (Å²) in [6.45, 7) is 0.532. The first kappa shape index (κ1) is 18.5. The Hall–Kier alpha value is -2.85. The third-order valence-electron chi connectivity index (χ3n) is 5.69. The van der Waals surface area contributed by atoms with Gasteiger partial charge in [-0.15, -0.1) is 0 Å². The van der Waals surface area contributed by atoms with E-state index in [-0.39, 0.29) is 17.9 Å². The van der Waals surface area contributed by atoms with Gasteiger partial charge in [-0.3, -0.25) is 24.6 Å². The Kier molecular flexibility index (Phi) is 5.58. The Morgan fingerprint density at radius 3 is 2.75 bits per heavy atom. The average molecular weight is 377 g/mol. The van der Waals surface area contributed by atoms with Gasteiger partial charge in [-0.05, 0) is 49.7 Å². The number of carbonyl (C=O) groups is 1. The Balaban J connectivity index is 1.34. The van der Waals surface area contributed by atoms with E-state index >= 15 is 0 Å². The topological polar surface area (TPSA) is 92.0 Å². The third kappa shape index (κ3) is 4.02. The monoisotopic (exact) mass is 377 g/mol. The summed E-state index contributed by atoms with van der Waals surface area (Å²) in [5.74, 6) is 0.590. The van der Waals surface area contributed by atoms with Crippen LogP contribution in [0.2, 0.25) is 0 Å². The lowest BCUT2D eigenvalue weighted by Crippen LogP contribution is -2.37. The lowest BCUT2D eigenvalue weighted by atomic mass is 9.79. The zero-order valence-electron chi connectivity index (χ0n) is 15.7. The molecule has 7 heteroatoms. The molecule has 0 bridgehead atoms. The van der Waals surface area contributed by atoms with E-state index in [4.69, 9.17) is 10.1 Å². The molecule has 2 fully saturated rings. The normalized spacial score (nSPS) is 24.7. The van der Waals surface area contributed by atoms with E-state index in [0.29, 0.717) is 18.1 Å². The summed E-state index contributed by atoms with van der Waals surface area (Å²) in [6.07, 6.45) is 13.8. The quantitative estimate of drug-likeness (QED) is 0.813. The molecule has 1 saturated heterocycles. The molecule has 1 saturated carbocycles. The van der Waals surface area contributed by atoms with Crippen molar-refractivity contribution in [1.29, 1.82) is 5.26 Å². The highest BCUT2D eigenvalue weighted by Crippen LogP contribution is 2.36. The lowest BCUT2D eigenvalue weighted by Gasteiger charge is -2.31. The predicted molar refractivity (Wildman–Crippen MR) is 100 cm³/mol. The number of nitriles is 1. The first-order valence-corrected chi connectivity index (χ1v) is 9.80. The molecule has 0 spiro atoms. The van der Waals surface area contributed by atoms with Crippen LogP contribution in [0.4, 0.5) is 0 Å². The molecule has 2 aliphatic rings. The van der Waals surface area contributed by atoms with Gasteiger partial charge in [0.15, 0.2) is 0 Å². The van der Waals surface area contributed by atoms with E-state index in [1.54, 1.807) is 24.8 Å². The average Bonchev–Trinajstić information content (AvgIpc) is 3.24. The van der Waals surface area contributed by atoms with Crippen molar-refractivity contribution in [2.24, 2.45) is 11.8 Å². The maximum absolute atomic E-state index is 13.0. The van der Waals surface area contributed by atoms with Gasteiger partial charge in [0.25, 0.3) is 0 Å². The number of hydroxylamine groups is 2. The van der Waals surface area contributed by atoms with Gasteiger partial charge in [0.1, 0.15) is 12.1 Å². The van der Waals surface area contributed by atoms with Gasteiger partial charge >= 0.3 is 0 Å². The molecular formula is C21H23N5O2. The molecule has 7 nitrogen and oxygen atoms in total. The fourth-order valence-corrected chi connectivity index (χ4v) is 4.22. The van der Waals surface area contributed by atoms with Crippen LogP contribution in [0, 0.1) is 23.2 Å². The molecule has 2 aromatic rings. The van der Waals surface area contributed by atoms with Crippen molar-refractivity contribution in [3.8, 4) is 6.07 Å². The van der Waals surface area contributed by atoms with Crippen molar-refractivity contribution < 1.29 is 9.63 Å². The molecule has 1 atom stereocenters. The summed E-state index contributed by atoms with van der Waals surface area (Å²) in [7, 11) is 0. The van der Waals surface area contributed by atoms with Gasteiger partial charge in [-0.2, -0.15) is 5.26 Å². The highest BCUT2D eigenvalue weighted by atomic mass is 16.7. The molecule has 2 aromatic heterocycles. The Morgan fingerprint density at radius 2 is 2.00 bits per heavy atom. The summed E-state index contributed by atoms with van der Waals surface area (Å²) >= 11 is 0. The van der Waals surface area contributed by atoms with Crippen molar-refractivity contribution in [2.75, 3.05) is 6.61 Å². The molecule has 144 valence electrons. The van der Waals surface area contributed by atoms with Gasteiger partial charge in [-0.25, -0.2) is 5.06 Å². The summed E-state index contributed by atoms with van der Waals surface area (Å²) in [5.41, 5.74) is 2.48. The summed E-state index contributed by atoms with van der Waals surface area (Å²) in [4.78, 5) is 31.3. The van der Waals surface area contributed by atoms with Crippen LogP contribution >= 0.6 is 0 Å². The zero-order chi connectivity index (χ0) is 19.3. The molecule has 1 aliphatic heterocycles. The van der Waals surface area contributed by atoms with Gasteiger partial charge in [0.2, 0.25) is 5.91 Å². The van der Waals surface area contributed by atoms with E-state index in [9.17, 15) is 4.79 Å². The molecule has 0 radical (unpaired) electrons. The molecular weight excluding hydrogens is 354 g/mol. The molecule has 4 rings (SSSR count). The largest absolute Gasteiger partial charge is 0.272 e. The first-order chi connectivity index (χ1) is 13.7. The van der Waals surface area contributed by atoms with Crippen LogP contribution in [0.15, 0.2) is 37.1 Å². The number of pyridine rings is 1. The summed E-state index contributed by atoms with van der Waals surface area (Å²) in [6, 6.07) is 3.91. The van der Waals surface area contributed by atoms with Crippen molar-refractivity contribution >= 4 is 5.91 Å². The lowest BCUT2D eigenvalue weighted by molar-refractivity contribution is -0.183. The van der Waals surface area contributed by atoms with E-state index in [1.807, 2.05) is 12.3 Å². The van der Waals surface area contributed by atoms with Crippen molar-refractivity contribution in [1.82, 2.24) is 20.0 Å². The second-order valence-electron chi connectivity index (χ2n) is 7.55. The number of nitrogens with zero attached hydrogens (tertiary/aromatic N) is 5. The fourth-order valence-electron chi connectivity index (χ4n) is 4.22. The number of aromatic nitrogens is 3. The number of rotatable bonds is 4. The summed E-state index contributed by atoms with van der Waals surface area (Å²) in [5, 5.41) is 10.6. The van der Waals surface area contributed by atoms with E-state index in [0.717, 1.165) is 49.8 Å². The molecule has 0 unspecified atom stereocenters. The molecule has 3 heterocycles. The van der Waals surface area contributed by atoms with Crippen LogP contribution in [0.5, 0.6) is 0 Å². The second kappa shape index (κ2) is 8.44. The Labute approximate surface area is 164 Å². The van der Waals surface area contributed by atoms with E-state index in [1.165, 1.54) is 5.06 Å². The van der Waals surface area contributed by atoms with Crippen LogP contribution in [0.3, 0.4) is 0 Å². The fraction of sp³-hybridized carbons (Fsp3) is 0.476. The predicted octanol–water partition coefficient (Wildman–Crippen LogP) is 3.00. The number of hydrogen-bond acceptors (Lipinski definition) is 6. The highest BCUT2D eigenvalue weighted by molar-refractivity contribution is 5.78. The molecule has 0 aromatic carbocycles. The molecule has 1 amide bonds. The van der Waals surface area contributed by atoms with Crippen LogP contribution in [-0.2, 0) is 16.1 Å². The Morgan fingerprint density at radius 1 is 1.14 bits per heavy atom. The zero-order valence-corrected chi connectivity index (χ0v) is 15.7. The molecule has 1 aliphatic carbocycles. The third-order valence-corrected chi connectivity index (χ3v) is 5.69. The highest BCUT2D eigenvalue weighted by Gasteiger charge is 2.37. The SMILES string of the molecule is N#Cc1cncc(C[C@H]2CC[C@H](C(=O)N3OCC[C@H]3c3cnccn3)CC2)c1. The summed E-state index contributed by atoms with van der Waals surface area (Å²) < 4.78 is 0.